The number of ether oxygens (including phenoxy) is 1. The molecule has 2 rings (SSSR count). The van der Waals surface area contributed by atoms with Gasteiger partial charge >= 0.3 is 11.7 Å². The number of carbonyl (C=O) groups is 1. The van der Waals surface area contributed by atoms with Crippen molar-refractivity contribution in [1.29, 1.82) is 0 Å². The zero-order valence-electron chi connectivity index (χ0n) is 8.73. The molecule has 1 aliphatic rings. The second-order valence-corrected chi connectivity index (χ2v) is 3.67. The van der Waals surface area contributed by atoms with Crippen molar-refractivity contribution in [2.24, 2.45) is 0 Å². The van der Waals surface area contributed by atoms with Gasteiger partial charge in [0.1, 0.15) is 5.75 Å². The van der Waals surface area contributed by atoms with Crippen LogP contribution < -0.4 is 4.74 Å². The first kappa shape index (κ1) is 11.8. The molecular formula is C9H6N2O7. The van der Waals surface area contributed by atoms with Crippen LogP contribution in [0.3, 0.4) is 0 Å². The van der Waals surface area contributed by atoms with Gasteiger partial charge in [0.25, 0.3) is 5.69 Å². The second kappa shape index (κ2) is 3.65. The van der Waals surface area contributed by atoms with Gasteiger partial charge in [-0.25, -0.2) is 4.79 Å². The van der Waals surface area contributed by atoms with Gasteiger partial charge in [-0.05, 0) is 6.07 Å². The van der Waals surface area contributed by atoms with Gasteiger partial charge in [0, 0.05) is 17.7 Å². The van der Waals surface area contributed by atoms with Gasteiger partial charge in [0.05, 0.1) is 16.3 Å². The summed E-state index contributed by atoms with van der Waals surface area (Å²) in [5, 5.41) is 30.2. The number of aliphatic carboxylic acids is 1. The average Bonchev–Trinajstić information content (AvgIpc) is 2.68. The maximum absolute atomic E-state index is 11.0. The Morgan fingerprint density at radius 2 is 2.06 bits per heavy atom. The summed E-state index contributed by atoms with van der Waals surface area (Å²) < 4.78 is 4.83. The molecule has 0 radical (unpaired) electrons. The second-order valence-electron chi connectivity index (χ2n) is 3.67. The van der Waals surface area contributed by atoms with Gasteiger partial charge in [-0.15, -0.1) is 0 Å². The first-order chi connectivity index (χ1) is 8.36. The van der Waals surface area contributed by atoms with E-state index < -0.39 is 28.0 Å². The number of carboxylic acids is 1. The topological polar surface area (TPSA) is 133 Å². The molecule has 1 aromatic rings. The van der Waals surface area contributed by atoms with E-state index in [-0.39, 0.29) is 17.0 Å². The largest absolute Gasteiger partial charge is 0.473 e. The molecule has 18 heavy (non-hydrogen) atoms. The van der Waals surface area contributed by atoms with Gasteiger partial charge < -0.3 is 9.84 Å². The summed E-state index contributed by atoms with van der Waals surface area (Å²) in [7, 11) is 0. The number of rotatable bonds is 3. The third-order valence-electron chi connectivity index (χ3n) is 2.59. The molecule has 0 spiro atoms. The summed E-state index contributed by atoms with van der Waals surface area (Å²) in [6, 6.07) is 3.32. The van der Waals surface area contributed by atoms with Crippen molar-refractivity contribution < 1.29 is 24.5 Å². The number of non-ortho nitro benzene ring substituents is 1. The van der Waals surface area contributed by atoms with Gasteiger partial charge in [-0.3, -0.25) is 20.2 Å². The standard InChI is InChI=1S/C9H6N2O7/c12-8(13)9(11(16)17)4-5-3-6(10(14)15)1-2-7(5)18-9/h1-3H,4H2,(H,12,13). The number of carboxylic acid groups (broad SMARTS) is 1. The van der Waals surface area contributed by atoms with Crippen molar-refractivity contribution in [3.05, 3.63) is 44.0 Å². The van der Waals surface area contributed by atoms with E-state index in [4.69, 9.17) is 9.84 Å². The number of hydrogen-bond donors (Lipinski definition) is 1. The molecule has 0 saturated carbocycles. The lowest BCUT2D eigenvalue weighted by Crippen LogP contribution is -2.50. The SMILES string of the molecule is O=C(O)C1([N+](=O)[O-])Cc2cc([N+](=O)[O-])ccc2O1. The smallest absolute Gasteiger partial charge is 0.464 e. The highest BCUT2D eigenvalue weighted by atomic mass is 16.7. The Morgan fingerprint density at radius 3 is 2.56 bits per heavy atom. The molecule has 1 aliphatic heterocycles. The normalized spacial score (nSPS) is 20.9. The zero-order chi connectivity index (χ0) is 13.5. The molecule has 9 heteroatoms. The van der Waals surface area contributed by atoms with Crippen molar-refractivity contribution in [3.8, 4) is 5.75 Å². The van der Waals surface area contributed by atoms with Crippen LogP contribution in [0.2, 0.25) is 0 Å². The fourth-order valence-electron chi connectivity index (χ4n) is 1.69. The van der Waals surface area contributed by atoms with Gasteiger partial charge in [-0.1, -0.05) is 0 Å². The molecule has 0 aromatic heterocycles. The summed E-state index contributed by atoms with van der Waals surface area (Å²) >= 11 is 0. The zero-order valence-corrected chi connectivity index (χ0v) is 8.73. The van der Waals surface area contributed by atoms with E-state index in [0.29, 0.717) is 0 Å². The van der Waals surface area contributed by atoms with Gasteiger partial charge in [-0.2, -0.15) is 0 Å². The minimum Gasteiger partial charge on any atom is -0.473 e. The molecule has 1 heterocycles. The van der Waals surface area contributed by atoms with Crippen molar-refractivity contribution >= 4 is 11.7 Å². The van der Waals surface area contributed by atoms with Crippen molar-refractivity contribution in [1.82, 2.24) is 0 Å². The highest BCUT2D eigenvalue weighted by Crippen LogP contribution is 2.37. The molecular weight excluding hydrogens is 248 g/mol. The molecule has 94 valence electrons. The maximum atomic E-state index is 11.0. The highest BCUT2D eigenvalue weighted by Gasteiger charge is 2.59. The molecule has 1 unspecified atom stereocenters. The quantitative estimate of drug-likeness (QED) is 0.616. The van der Waals surface area contributed by atoms with E-state index in [1.807, 2.05) is 0 Å². The molecule has 0 amide bonds. The molecule has 0 aliphatic carbocycles. The molecule has 1 aromatic carbocycles. The number of fused-ring (bicyclic) bond motifs is 1. The van der Waals surface area contributed by atoms with Crippen molar-refractivity contribution in [2.75, 3.05) is 0 Å². The van der Waals surface area contributed by atoms with Crippen LogP contribution in [0.5, 0.6) is 5.75 Å². The number of nitro groups is 2. The van der Waals surface area contributed by atoms with E-state index in [2.05, 4.69) is 0 Å². The van der Waals surface area contributed by atoms with Gasteiger partial charge in [0.2, 0.25) is 0 Å². The number of nitro benzene ring substituents is 1. The molecule has 0 saturated heterocycles. The minimum atomic E-state index is -2.60. The van der Waals surface area contributed by atoms with Crippen molar-refractivity contribution in [2.45, 2.75) is 12.1 Å². The summed E-state index contributed by atoms with van der Waals surface area (Å²) in [5.74, 6) is -1.77. The van der Waals surface area contributed by atoms with E-state index in [0.717, 1.165) is 18.2 Å². The van der Waals surface area contributed by atoms with E-state index in [1.54, 1.807) is 0 Å². The van der Waals surface area contributed by atoms with Crippen LogP contribution >= 0.6 is 0 Å². The molecule has 0 fully saturated rings. The van der Waals surface area contributed by atoms with Crippen LogP contribution in [0.1, 0.15) is 5.56 Å². The Morgan fingerprint density at radius 1 is 1.39 bits per heavy atom. The van der Waals surface area contributed by atoms with Crippen LogP contribution in [0.4, 0.5) is 5.69 Å². The van der Waals surface area contributed by atoms with Crippen LogP contribution in [0, 0.1) is 20.2 Å². The summed E-state index contributed by atoms with van der Waals surface area (Å²) in [6.45, 7) is 0. The Balaban J connectivity index is 2.46. The Kier molecular flexibility index (Phi) is 2.39. The van der Waals surface area contributed by atoms with E-state index in [9.17, 15) is 25.0 Å². The average molecular weight is 254 g/mol. The molecule has 1 atom stereocenters. The predicted molar refractivity (Wildman–Crippen MR) is 54.8 cm³/mol. The predicted octanol–water partition coefficient (Wildman–Crippen LogP) is 0.587. The van der Waals surface area contributed by atoms with Crippen LogP contribution in [0.15, 0.2) is 18.2 Å². The number of benzene rings is 1. The van der Waals surface area contributed by atoms with E-state index >= 15 is 0 Å². The first-order valence-electron chi connectivity index (χ1n) is 4.71. The maximum Gasteiger partial charge on any atom is 0.464 e. The van der Waals surface area contributed by atoms with Crippen LogP contribution in [-0.4, -0.2) is 26.6 Å². The Labute approximate surface area is 98.9 Å². The molecule has 9 nitrogen and oxygen atoms in total. The monoisotopic (exact) mass is 254 g/mol. The fourth-order valence-corrected chi connectivity index (χ4v) is 1.69. The Hall–Kier alpha value is -2.71. The number of nitrogens with zero attached hydrogens (tertiary/aromatic N) is 2. The third-order valence-corrected chi connectivity index (χ3v) is 2.59. The summed E-state index contributed by atoms with van der Waals surface area (Å²) in [6.07, 6.45) is -0.549. The fraction of sp³-hybridized carbons (Fsp3) is 0.222. The van der Waals surface area contributed by atoms with Gasteiger partial charge in [0.15, 0.2) is 0 Å². The highest BCUT2D eigenvalue weighted by molar-refractivity contribution is 5.78. The first-order valence-corrected chi connectivity index (χ1v) is 4.71. The van der Waals surface area contributed by atoms with Crippen molar-refractivity contribution in [3.63, 3.8) is 0 Å². The van der Waals surface area contributed by atoms with Crippen LogP contribution in [0.25, 0.3) is 0 Å². The summed E-state index contributed by atoms with van der Waals surface area (Å²) in [4.78, 5) is 30.6. The number of hydrogen-bond acceptors (Lipinski definition) is 6. The van der Waals surface area contributed by atoms with E-state index in [1.165, 1.54) is 0 Å². The summed E-state index contributed by atoms with van der Waals surface area (Å²) in [5.41, 5.74) is -2.75. The minimum absolute atomic E-state index is 0.0281. The van der Waals surface area contributed by atoms with Crippen LogP contribution in [-0.2, 0) is 11.2 Å². The lowest BCUT2D eigenvalue weighted by molar-refractivity contribution is -0.595. The Bertz CT molecular complexity index is 554. The molecule has 0 bridgehead atoms. The lowest BCUT2D eigenvalue weighted by atomic mass is 10.1. The lowest BCUT2D eigenvalue weighted by Gasteiger charge is -2.13. The molecule has 1 N–H and O–H groups in total. The third kappa shape index (κ3) is 1.52.